The summed E-state index contributed by atoms with van der Waals surface area (Å²) in [6.07, 6.45) is -1.35. The number of nitriles is 1. The van der Waals surface area contributed by atoms with Crippen molar-refractivity contribution in [3.05, 3.63) is 27.5 Å². The molecule has 1 rings (SSSR count). The molecule has 1 heterocycles. The van der Waals surface area contributed by atoms with E-state index in [2.05, 4.69) is 20.9 Å². The van der Waals surface area contributed by atoms with Crippen LogP contribution in [0.15, 0.2) is 10.7 Å². The first-order valence-corrected chi connectivity index (χ1v) is 4.66. The van der Waals surface area contributed by atoms with E-state index in [-0.39, 0.29) is 12.1 Å². The van der Waals surface area contributed by atoms with Crippen molar-refractivity contribution >= 4 is 15.9 Å². The second-order valence-electron chi connectivity index (χ2n) is 2.73. The molecule has 0 saturated heterocycles. The van der Waals surface area contributed by atoms with Gasteiger partial charge in [-0.15, -0.1) is 0 Å². The normalized spacial score (nSPS) is 10.3. The van der Waals surface area contributed by atoms with Crippen LogP contribution in [0.25, 0.3) is 0 Å². The third kappa shape index (κ3) is 2.07. The number of alkyl halides is 2. The second kappa shape index (κ2) is 4.47. The highest BCUT2D eigenvalue weighted by molar-refractivity contribution is 9.10. The number of pyridine rings is 1. The van der Waals surface area contributed by atoms with Crippen LogP contribution < -0.4 is 0 Å². The van der Waals surface area contributed by atoms with Crippen LogP contribution in [0.2, 0.25) is 0 Å². The molecule has 0 atom stereocenters. The molecular weight excluding hydrogens is 254 g/mol. The average molecular weight is 261 g/mol. The van der Waals surface area contributed by atoms with E-state index in [9.17, 15) is 8.78 Å². The van der Waals surface area contributed by atoms with Gasteiger partial charge in [-0.2, -0.15) is 5.26 Å². The van der Waals surface area contributed by atoms with Crippen molar-refractivity contribution in [1.82, 2.24) is 4.98 Å². The summed E-state index contributed by atoms with van der Waals surface area (Å²) in [6, 6.07) is 1.85. The molecule has 2 nitrogen and oxygen atoms in total. The summed E-state index contributed by atoms with van der Waals surface area (Å²) in [5.41, 5.74) is 0.668. The van der Waals surface area contributed by atoms with Crippen LogP contribution in [0.3, 0.4) is 0 Å². The van der Waals surface area contributed by atoms with Crippen molar-refractivity contribution in [3.63, 3.8) is 0 Å². The summed E-state index contributed by atoms with van der Waals surface area (Å²) < 4.78 is 25.6. The summed E-state index contributed by atoms with van der Waals surface area (Å²) in [5.74, 6) is 0. The minimum Gasteiger partial charge on any atom is -0.254 e. The van der Waals surface area contributed by atoms with E-state index in [1.165, 1.54) is 6.20 Å². The van der Waals surface area contributed by atoms with Crippen molar-refractivity contribution in [1.29, 1.82) is 5.26 Å². The molecule has 0 radical (unpaired) electrons. The summed E-state index contributed by atoms with van der Waals surface area (Å²) in [4.78, 5) is 3.61. The van der Waals surface area contributed by atoms with E-state index < -0.39 is 6.43 Å². The zero-order valence-electron chi connectivity index (χ0n) is 7.39. The molecule has 1 aromatic heterocycles. The van der Waals surface area contributed by atoms with Gasteiger partial charge in [0.2, 0.25) is 0 Å². The van der Waals surface area contributed by atoms with Crippen molar-refractivity contribution in [2.75, 3.05) is 0 Å². The third-order valence-electron chi connectivity index (χ3n) is 1.90. The van der Waals surface area contributed by atoms with Crippen molar-refractivity contribution < 1.29 is 8.78 Å². The lowest BCUT2D eigenvalue weighted by Gasteiger charge is -2.09. The van der Waals surface area contributed by atoms with Gasteiger partial charge in [-0.05, 0) is 34.0 Å². The van der Waals surface area contributed by atoms with Gasteiger partial charge in [0.05, 0.1) is 12.5 Å². The lowest BCUT2D eigenvalue weighted by Crippen LogP contribution is -2.01. The van der Waals surface area contributed by atoms with Gasteiger partial charge in [-0.1, -0.05) is 0 Å². The summed E-state index contributed by atoms with van der Waals surface area (Å²) in [6.45, 7) is 1.68. The predicted octanol–water partition coefficient (Wildman–Crippen LogP) is 3.16. The molecule has 5 heteroatoms. The Labute approximate surface area is 88.7 Å². The number of halogens is 3. The van der Waals surface area contributed by atoms with E-state index in [0.717, 1.165) is 0 Å². The standard InChI is InChI=1S/C9H7BrF2N2/c1-5-6(2-3-13)8(9(11)12)14-4-7(5)10/h4,9H,2H2,1H3. The molecule has 0 bridgehead atoms. The van der Waals surface area contributed by atoms with Crippen molar-refractivity contribution in [2.24, 2.45) is 0 Å². The fourth-order valence-corrected chi connectivity index (χ4v) is 1.47. The Hall–Kier alpha value is -1.02. The maximum absolute atomic E-state index is 12.5. The van der Waals surface area contributed by atoms with Crippen LogP contribution in [0.5, 0.6) is 0 Å². The van der Waals surface area contributed by atoms with E-state index >= 15 is 0 Å². The lowest BCUT2D eigenvalue weighted by atomic mass is 10.1. The molecule has 1 aromatic rings. The predicted molar refractivity (Wildman–Crippen MR) is 50.9 cm³/mol. The smallest absolute Gasteiger partial charge is 0.254 e. The van der Waals surface area contributed by atoms with Crippen LogP contribution in [-0.4, -0.2) is 4.98 Å². The van der Waals surface area contributed by atoms with Crippen molar-refractivity contribution in [2.45, 2.75) is 19.8 Å². The lowest BCUT2D eigenvalue weighted by molar-refractivity contribution is 0.145. The Morgan fingerprint density at radius 2 is 2.29 bits per heavy atom. The Morgan fingerprint density at radius 1 is 1.64 bits per heavy atom. The van der Waals surface area contributed by atoms with Crippen LogP contribution in [0.1, 0.15) is 23.2 Å². The zero-order valence-corrected chi connectivity index (χ0v) is 8.98. The number of hydrogen-bond donors (Lipinski definition) is 0. The molecule has 0 spiro atoms. The van der Waals surface area contributed by atoms with Gasteiger partial charge in [0.1, 0.15) is 5.69 Å². The molecule has 74 valence electrons. The van der Waals surface area contributed by atoms with Crippen molar-refractivity contribution in [3.8, 4) is 6.07 Å². The summed E-state index contributed by atoms with van der Waals surface area (Å²) in [5, 5.41) is 8.50. The Morgan fingerprint density at radius 3 is 2.79 bits per heavy atom. The first kappa shape index (κ1) is 11.1. The highest BCUT2D eigenvalue weighted by Gasteiger charge is 2.17. The molecule has 0 fully saturated rings. The first-order valence-electron chi connectivity index (χ1n) is 3.87. The fraction of sp³-hybridized carbons (Fsp3) is 0.333. The largest absolute Gasteiger partial charge is 0.280 e. The molecule has 0 N–H and O–H groups in total. The molecule has 0 aliphatic rings. The highest BCUT2D eigenvalue weighted by atomic mass is 79.9. The number of aromatic nitrogens is 1. The maximum Gasteiger partial charge on any atom is 0.280 e. The van der Waals surface area contributed by atoms with Gasteiger partial charge >= 0.3 is 0 Å². The van der Waals surface area contributed by atoms with Gasteiger partial charge in [0, 0.05) is 10.7 Å². The fourth-order valence-electron chi connectivity index (χ4n) is 1.13. The molecule has 0 amide bonds. The number of rotatable bonds is 2. The zero-order chi connectivity index (χ0) is 10.7. The SMILES string of the molecule is Cc1c(Br)cnc(C(F)F)c1CC#N. The van der Waals surface area contributed by atoms with E-state index in [1.807, 2.05) is 6.07 Å². The maximum atomic E-state index is 12.5. The highest BCUT2D eigenvalue weighted by Crippen LogP contribution is 2.27. The van der Waals surface area contributed by atoms with Gasteiger partial charge in [-0.3, -0.25) is 4.98 Å². The van der Waals surface area contributed by atoms with Gasteiger partial charge in [0.25, 0.3) is 6.43 Å². The molecule has 14 heavy (non-hydrogen) atoms. The van der Waals surface area contributed by atoms with Gasteiger partial charge < -0.3 is 0 Å². The van der Waals surface area contributed by atoms with Gasteiger partial charge in [0.15, 0.2) is 0 Å². The Balaban J connectivity index is 3.31. The van der Waals surface area contributed by atoms with E-state index in [0.29, 0.717) is 15.6 Å². The number of nitrogens with zero attached hydrogens (tertiary/aromatic N) is 2. The molecule has 0 unspecified atom stereocenters. The van der Waals surface area contributed by atoms with Crippen LogP contribution in [0, 0.1) is 18.3 Å². The molecule has 0 aromatic carbocycles. The number of hydrogen-bond acceptors (Lipinski definition) is 2. The van der Waals surface area contributed by atoms with Crippen LogP contribution >= 0.6 is 15.9 Å². The Bertz CT molecular complexity index is 385. The van der Waals surface area contributed by atoms with E-state index in [1.54, 1.807) is 6.92 Å². The first-order chi connectivity index (χ1) is 6.57. The Kier molecular flexibility index (Phi) is 3.53. The van der Waals surface area contributed by atoms with Crippen LogP contribution in [0.4, 0.5) is 8.78 Å². The third-order valence-corrected chi connectivity index (χ3v) is 2.70. The minimum absolute atomic E-state index is 0.0437. The molecule has 0 aliphatic carbocycles. The summed E-state index contributed by atoms with van der Waals surface area (Å²) >= 11 is 3.18. The van der Waals surface area contributed by atoms with Gasteiger partial charge in [-0.25, -0.2) is 8.78 Å². The molecule has 0 aliphatic heterocycles. The topological polar surface area (TPSA) is 36.7 Å². The second-order valence-corrected chi connectivity index (χ2v) is 3.58. The summed E-state index contributed by atoms with van der Waals surface area (Å²) in [7, 11) is 0. The average Bonchev–Trinajstić information content (AvgIpc) is 2.13. The van der Waals surface area contributed by atoms with E-state index in [4.69, 9.17) is 5.26 Å². The molecular formula is C9H7BrF2N2. The monoisotopic (exact) mass is 260 g/mol. The molecule has 0 saturated carbocycles. The quantitative estimate of drug-likeness (QED) is 0.819. The van der Waals surface area contributed by atoms with Crippen LogP contribution in [-0.2, 0) is 6.42 Å². The minimum atomic E-state index is -2.63.